The largest absolute Gasteiger partial charge is 0.371 e. The van der Waals surface area contributed by atoms with Gasteiger partial charge in [0.2, 0.25) is 0 Å². The number of amides is 1. The first-order chi connectivity index (χ1) is 13.6. The number of hydrogen-bond acceptors (Lipinski definition) is 5. The summed E-state index contributed by atoms with van der Waals surface area (Å²) in [6, 6.07) is 8.24. The average Bonchev–Trinajstić information content (AvgIpc) is 3.25. The molecule has 3 heterocycles. The van der Waals surface area contributed by atoms with Gasteiger partial charge in [0.05, 0.1) is 28.7 Å². The summed E-state index contributed by atoms with van der Waals surface area (Å²) in [7, 11) is 0. The van der Waals surface area contributed by atoms with Crippen LogP contribution >= 0.6 is 11.6 Å². The van der Waals surface area contributed by atoms with E-state index in [1.54, 1.807) is 6.07 Å². The van der Waals surface area contributed by atoms with Gasteiger partial charge in [-0.25, -0.2) is 0 Å². The highest BCUT2D eigenvalue weighted by Crippen LogP contribution is 2.37. The molecule has 0 aliphatic carbocycles. The molecule has 2 bridgehead atoms. The number of nitrogens with zero attached hydrogens (tertiary/aromatic N) is 4. The summed E-state index contributed by atoms with van der Waals surface area (Å²) in [4.78, 5) is 16.9. The normalized spacial score (nSPS) is 28.7. The molecule has 0 unspecified atom stereocenters. The van der Waals surface area contributed by atoms with Crippen LogP contribution < -0.4 is 10.2 Å². The second kappa shape index (κ2) is 7.89. The lowest BCUT2D eigenvalue weighted by molar-refractivity contribution is 0.0928. The van der Waals surface area contributed by atoms with Crippen molar-refractivity contribution in [3.05, 3.63) is 28.8 Å². The number of anilines is 1. The first-order valence-corrected chi connectivity index (χ1v) is 10.4. The molecule has 1 amide bonds. The number of carbonyl (C=O) groups is 1. The van der Waals surface area contributed by atoms with Gasteiger partial charge in [0.15, 0.2) is 6.19 Å². The highest BCUT2D eigenvalue weighted by Gasteiger charge is 2.46. The molecule has 0 saturated carbocycles. The van der Waals surface area contributed by atoms with Crippen molar-refractivity contribution in [1.82, 2.24) is 10.2 Å². The predicted molar refractivity (Wildman–Crippen MR) is 107 cm³/mol. The van der Waals surface area contributed by atoms with Crippen LogP contribution in [0.2, 0.25) is 5.02 Å². The van der Waals surface area contributed by atoms with Crippen molar-refractivity contribution in [3.8, 4) is 12.3 Å². The Bertz CT molecular complexity index is 844. The van der Waals surface area contributed by atoms with Gasteiger partial charge in [0.25, 0.3) is 5.91 Å². The van der Waals surface area contributed by atoms with Crippen molar-refractivity contribution in [2.24, 2.45) is 5.92 Å². The third kappa shape index (κ3) is 3.50. The van der Waals surface area contributed by atoms with E-state index in [4.69, 9.17) is 16.9 Å². The molecule has 3 aliphatic rings. The number of nitriles is 2. The van der Waals surface area contributed by atoms with E-state index in [0.717, 1.165) is 50.9 Å². The lowest BCUT2D eigenvalue weighted by Crippen LogP contribution is -2.43. The molecule has 3 saturated heterocycles. The van der Waals surface area contributed by atoms with Crippen molar-refractivity contribution in [2.75, 3.05) is 18.0 Å². The van der Waals surface area contributed by atoms with Gasteiger partial charge in [-0.05, 0) is 56.2 Å². The fourth-order valence-corrected chi connectivity index (χ4v) is 5.29. The maximum absolute atomic E-state index is 12.8. The smallest absolute Gasteiger partial charge is 0.253 e. The molecule has 0 aromatic heterocycles. The number of benzene rings is 1. The minimum Gasteiger partial charge on any atom is -0.371 e. The number of carbonyl (C=O) groups excluding carboxylic acids is 1. The lowest BCUT2D eigenvalue weighted by Gasteiger charge is -2.33. The molecule has 7 heteroatoms. The van der Waals surface area contributed by atoms with E-state index in [2.05, 4.69) is 22.5 Å². The highest BCUT2D eigenvalue weighted by molar-refractivity contribution is 6.34. The van der Waals surface area contributed by atoms with Crippen LogP contribution in [0.3, 0.4) is 0 Å². The van der Waals surface area contributed by atoms with Gasteiger partial charge >= 0.3 is 0 Å². The van der Waals surface area contributed by atoms with Gasteiger partial charge in [-0.2, -0.15) is 10.5 Å². The zero-order valence-electron chi connectivity index (χ0n) is 15.8. The summed E-state index contributed by atoms with van der Waals surface area (Å²) in [6.45, 7) is 1.80. The molecule has 1 aromatic rings. The molecular weight excluding hydrogens is 374 g/mol. The second-order valence-electron chi connectivity index (χ2n) is 8.10. The lowest BCUT2D eigenvalue weighted by atomic mass is 9.94. The third-order valence-corrected chi connectivity index (χ3v) is 6.74. The standard InChI is InChI=1S/C21H24ClN5O/c22-18-10-15(26-9-1-2-14(12-26)7-8-23)3-5-17(18)21(28)25-19-11-16-4-6-20(19)27(16)13-24/h3,5,10,14,16,19-20H,1-2,4,6-7,9,11-12H2,(H,25,28)/t14-,16+,19-,20-/m1/s1. The molecule has 3 aliphatic heterocycles. The Morgan fingerprint density at radius 3 is 2.86 bits per heavy atom. The highest BCUT2D eigenvalue weighted by atomic mass is 35.5. The molecule has 28 heavy (non-hydrogen) atoms. The summed E-state index contributed by atoms with van der Waals surface area (Å²) in [5.41, 5.74) is 1.47. The minimum absolute atomic E-state index is 0.00970. The van der Waals surface area contributed by atoms with E-state index in [0.29, 0.717) is 22.9 Å². The molecule has 6 nitrogen and oxygen atoms in total. The maximum atomic E-state index is 12.8. The van der Waals surface area contributed by atoms with Crippen LogP contribution in [-0.4, -0.2) is 42.0 Å². The van der Waals surface area contributed by atoms with Gasteiger partial charge in [-0.3, -0.25) is 4.79 Å². The van der Waals surface area contributed by atoms with Gasteiger partial charge in [-0.1, -0.05) is 11.6 Å². The van der Waals surface area contributed by atoms with Gasteiger partial charge < -0.3 is 15.1 Å². The minimum atomic E-state index is -0.173. The SMILES string of the molecule is N#CC[C@H]1CCCN(c2ccc(C(=O)N[C@@H]3C[C@@H]4CC[C@H]3N4C#N)c(Cl)c2)C1. The Kier molecular flexibility index (Phi) is 5.33. The maximum Gasteiger partial charge on any atom is 0.253 e. The van der Waals surface area contributed by atoms with Gasteiger partial charge in [-0.15, -0.1) is 0 Å². The summed E-state index contributed by atoms with van der Waals surface area (Å²) in [6.07, 6.45) is 7.80. The number of hydrogen-bond donors (Lipinski definition) is 1. The van der Waals surface area contributed by atoms with E-state index in [1.807, 2.05) is 17.0 Å². The van der Waals surface area contributed by atoms with Crippen molar-refractivity contribution < 1.29 is 4.79 Å². The van der Waals surface area contributed by atoms with Crippen molar-refractivity contribution >= 4 is 23.2 Å². The number of halogens is 1. The summed E-state index contributed by atoms with van der Waals surface area (Å²) < 4.78 is 0. The molecule has 3 fully saturated rings. The molecule has 1 N–H and O–H groups in total. The zero-order chi connectivity index (χ0) is 19.7. The number of nitrogens with one attached hydrogen (secondary N) is 1. The number of piperidine rings is 1. The van der Waals surface area contributed by atoms with E-state index >= 15 is 0 Å². The molecule has 146 valence electrons. The van der Waals surface area contributed by atoms with Crippen LogP contribution in [0.25, 0.3) is 0 Å². The Morgan fingerprint density at radius 2 is 2.14 bits per heavy atom. The molecule has 4 atom stereocenters. The fourth-order valence-electron chi connectivity index (χ4n) is 5.03. The Morgan fingerprint density at radius 1 is 1.29 bits per heavy atom. The van der Waals surface area contributed by atoms with E-state index in [9.17, 15) is 10.1 Å². The molecule has 4 rings (SSSR count). The quantitative estimate of drug-likeness (QED) is 0.788. The second-order valence-corrected chi connectivity index (χ2v) is 8.51. The Hall–Kier alpha value is -2.44. The molecule has 1 aromatic carbocycles. The first kappa shape index (κ1) is 18.9. The van der Waals surface area contributed by atoms with E-state index in [1.165, 1.54) is 0 Å². The van der Waals surface area contributed by atoms with Crippen LogP contribution in [0.15, 0.2) is 18.2 Å². The van der Waals surface area contributed by atoms with E-state index in [-0.39, 0.29) is 24.0 Å². The fraction of sp³-hybridized carbons (Fsp3) is 0.571. The van der Waals surface area contributed by atoms with Gasteiger partial charge in [0.1, 0.15) is 0 Å². The van der Waals surface area contributed by atoms with Crippen molar-refractivity contribution in [2.45, 2.75) is 56.7 Å². The number of rotatable bonds is 4. The van der Waals surface area contributed by atoms with Gasteiger partial charge in [0, 0.05) is 31.2 Å². The van der Waals surface area contributed by atoms with Crippen LogP contribution in [0.1, 0.15) is 48.9 Å². The summed E-state index contributed by atoms with van der Waals surface area (Å²) >= 11 is 6.46. The monoisotopic (exact) mass is 397 g/mol. The number of fused-ring (bicyclic) bond motifs is 2. The van der Waals surface area contributed by atoms with Crippen LogP contribution in [0.4, 0.5) is 5.69 Å². The first-order valence-electron chi connectivity index (χ1n) is 10.0. The topological polar surface area (TPSA) is 83.2 Å². The Balaban J connectivity index is 1.43. The summed E-state index contributed by atoms with van der Waals surface area (Å²) in [5.74, 6) is 0.217. The third-order valence-electron chi connectivity index (χ3n) is 6.43. The van der Waals surface area contributed by atoms with Crippen molar-refractivity contribution in [3.63, 3.8) is 0 Å². The van der Waals surface area contributed by atoms with E-state index < -0.39 is 0 Å². The molecular formula is C21H24ClN5O. The molecule has 0 radical (unpaired) electrons. The van der Waals surface area contributed by atoms with Crippen LogP contribution in [0, 0.1) is 28.7 Å². The molecule has 0 spiro atoms. The Labute approximate surface area is 170 Å². The van der Waals surface area contributed by atoms with Crippen molar-refractivity contribution in [1.29, 1.82) is 10.5 Å². The van der Waals surface area contributed by atoms with Crippen LogP contribution in [-0.2, 0) is 0 Å². The summed E-state index contributed by atoms with van der Waals surface area (Å²) in [5, 5.41) is 21.8. The average molecular weight is 398 g/mol. The zero-order valence-corrected chi connectivity index (χ0v) is 16.5. The van der Waals surface area contributed by atoms with Crippen LogP contribution in [0.5, 0.6) is 0 Å². The predicted octanol–water partition coefficient (Wildman–Crippen LogP) is 3.29.